The summed E-state index contributed by atoms with van der Waals surface area (Å²) in [6.07, 6.45) is 4.02. The molecule has 0 radical (unpaired) electrons. The number of benzene rings is 1. The van der Waals surface area contributed by atoms with E-state index in [9.17, 15) is 4.79 Å². The number of carbonyl (C=O) groups excluding carboxylic acids is 1. The molecule has 0 aliphatic heterocycles. The SMILES string of the molecule is CCC(C)C(C(=O)Nc1cccc2cccnc12)n1cnnn1. The molecule has 118 valence electrons. The Bertz CT molecular complexity index is 796. The first kappa shape index (κ1) is 15.1. The Labute approximate surface area is 133 Å². The van der Waals surface area contributed by atoms with Gasteiger partial charge < -0.3 is 5.32 Å². The lowest BCUT2D eigenvalue weighted by molar-refractivity contribution is -0.121. The van der Waals surface area contributed by atoms with E-state index in [1.807, 2.05) is 44.2 Å². The molecule has 1 aromatic carbocycles. The van der Waals surface area contributed by atoms with Gasteiger partial charge in [0.2, 0.25) is 5.91 Å². The Kier molecular flexibility index (Phi) is 4.27. The minimum Gasteiger partial charge on any atom is -0.322 e. The molecule has 0 saturated heterocycles. The van der Waals surface area contributed by atoms with Crippen molar-refractivity contribution in [1.82, 2.24) is 25.2 Å². The van der Waals surface area contributed by atoms with E-state index >= 15 is 0 Å². The van der Waals surface area contributed by atoms with E-state index in [0.29, 0.717) is 5.69 Å². The molecule has 0 spiro atoms. The number of nitrogens with zero attached hydrogens (tertiary/aromatic N) is 5. The molecule has 2 atom stereocenters. The van der Waals surface area contributed by atoms with Crippen LogP contribution < -0.4 is 5.32 Å². The number of fused-ring (bicyclic) bond motifs is 1. The molecule has 0 aliphatic carbocycles. The van der Waals surface area contributed by atoms with Gasteiger partial charge in [-0.05, 0) is 28.5 Å². The third-order valence-electron chi connectivity index (χ3n) is 3.99. The predicted molar refractivity (Wildman–Crippen MR) is 86.7 cm³/mol. The van der Waals surface area contributed by atoms with E-state index in [0.717, 1.165) is 17.3 Å². The Balaban J connectivity index is 1.92. The maximum Gasteiger partial charge on any atom is 0.249 e. The van der Waals surface area contributed by atoms with E-state index in [4.69, 9.17) is 0 Å². The van der Waals surface area contributed by atoms with Crippen molar-refractivity contribution < 1.29 is 4.79 Å². The lowest BCUT2D eigenvalue weighted by Gasteiger charge is -2.21. The van der Waals surface area contributed by atoms with Crippen molar-refractivity contribution in [2.75, 3.05) is 5.32 Å². The number of para-hydroxylation sites is 1. The summed E-state index contributed by atoms with van der Waals surface area (Å²) in [5.74, 6) is -0.0498. The van der Waals surface area contributed by atoms with Gasteiger partial charge in [0.1, 0.15) is 12.4 Å². The van der Waals surface area contributed by atoms with E-state index < -0.39 is 6.04 Å². The molecule has 0 bridgehead atoms. The van der Waals surface area contributed by atoms with Gasteiger partial charge in [0, 0.05) is 11.6 Å². The third kappa shape index (κ3) is 3.03. The van der Waals surface area contributed by atoms with Gasteiger partial charge in [0.05, 0.1) is 11.2 Å². The van der Waals surface area contributed by atoms with Gasteiger partial charge >= 0.3 is 0 Å². The summed E-state index contributed by atoms with van der Waals surface area (Å²) in [6.45, 7) is 4.04. The molecular formula is C16H18N6O. The number of tetrazole rings is 1. The third-order valence-corrected chi connectivity index (χ3v) is 3.99. The molecule has 7 nitrogen and oxygen atoms in total. The van der Waals surface area contributed by atoms with Crippen molar-refractivity contribution in [2.24, 2.45) is 5.92 Å². The van der Waals surface area contributed by atoms with Crippen LogP contribution in [0.3, 0.4) is 0 Å². The highest BCUT2D eigenvalue weighted by molar-refractivity contribution is 6.01. The lowest BCUT2D eigenvalue weighted by Crippen LogP contribution is -2.31. The first-order valence-electron chi connectivity index (χ1n) is 7.57. The van der Waals surface area contributed by atoms with Gasteiger partial charge in [0.15, 0.2) is 0 Å². The topological polar surface area (TPSA) is 85.6 Å². The molecule has 23 heavy (non-hydrogen) atoms. The molecule has 2 heterocycles. The summed E-state index contributed by atoms with van der Waals surface area (Å²) in [6, 6.07) is 9.08. The van der Waals surface area contributed by atoms with E-state index in [-0.39, 0.29) is 11.8 Å². The lowest BCUT2D eigenvalue weighted by atomic mass is 9.98. The van der Waals surface area contributed by atoms with Crippen LogP contribution in [0.5, 0.6) is 0 Å². The van der Waals surface area contributed by atoms with Gasteiger partial charge in [-0.3, -0.25) is 9.78 Å². The van der Waals surface area contributed by atoms with E-state index in [1.54, 1.807) is 6.20 Å². The van der Waals surface area contributed by atoms with Crippen LogP contribution in [0.1, 0.15) is 26.3 Å². The molecule has 3 rings (SSSR count). The highest BCUT2D eigenvalue weighted by Crippen LogP contribution is 2.25. The summed E-state index contributed by atoms with van der Waals surface area (Å²) in [7, 11) is 0. The zero-order valence-corrected chi connectivity index (χ0v) is 13.0. The summed E-state index contributed by atoms with van der Waals surface area (Å²) >= 11 is 0. The molecular weight excluding hydrogens is 292 g/mol. The van der Waals surface area contributed by atoms with Crippen molar-refractivity contribution >= 4 is 22.5 Å². The normalized spacial score (nSPS) is 13.7. The van der Waals surface area contributed by atoms with Crippen molar-refractivity contribution in [1.29, 1.82) is 0 Å². The van der Waals surface area contributed by atoms with Gasteiger partial charge in [-0.25, -0.2) is 4.68 Å². The van der Waals surface area contributed by atoms with Crippen LogP contribution in [-0.4, -0.2) is 31.1 Å². The monoisotopic (exact) mass is 310 g/mol. The summed E-state index contributed by atoms with van der Waals surface area (Å²) in [4.78, 5) is 17.2. The predicted octanol–water partition coefficient (Wildman–Crippen LogP) is 2.45. The molecule has 1 N–H and O–H groups in total. The van der Waals surface area contributed by atoms with Crippen molar-refractivity contribution in [3.05, 3.63) is 42.9 Å². The van der Waals surface area contributed by atoms with Crippen LogP contribution in [0, 0.1) is 5.92 Å². The van der Waals surface area contributed by atoms with Gasteiger partial charge in [-0.2, -0.15) is 0 Å². The standard InChI is InChI=1S/C16H18N6O/c1-3-11(2)15(22-10-18-20-21-22)16(23)19-13-8-4-6-12-7-5-9-17-14(12)13/h4-11,15H,3H2,1-2H3,(H,19,23). The first-order chi connectivity index (χ1) is 11.2. The van der Waals surface area contributed by atoms with E-state index in [2.05, 4.69) is 25.8 Å². The second-order valence-corrected chi connectivity index (χ2v) is 5.49. The molecule has 3 aromatic rings. The van der Waals surface area contributed by atoms with Crippen LogP contribution in [0.2, 0.25) is 0 Å². The van der Waals surface area contributed by atoms with Gasteiger partial charge in [-0.15, -0.1) is 5.10 Å². The number of pyridine rings is 1. The minimum atomic E-state index is -0.464. The highest BCUT2D eigenvalue weighted by atomic mass is 16.2. The van der Waals surface area contributed by atoms with E-state index in [1.165, 1.54) is 11.0 Å². The van der Waals surface area contributed by atoms with Crippen LogP contribution in [0.15, 0.2) is 42.9 Å². The number of hydrogen-bond acceptors (Lipinski definition) is 5. The number of hydrogen-bond donors (Lipinski definition) is 1. The largest absolute Gasteiger partial charge is 0.322 e. The second-order valence-electron chi connectivity index (χ2n) is 5.49. The number of carbonyl (C=O) groups is 1. The molecule has 2 aromatic heterocycles. The Morgan fingerprint density at radius 3 is 2.87 bits per heavy atom. The van der Waals surface area contributed by atoms with Crippen LogP contribution >= 0.6 is 0 Å². The van der Waals surface area contributed by atoms with Crippen molar-refractivity contribution in [3.63, 3.8) is 0 Å². The number of aromatic nitrogens is 5. The van der Waals surface area contributed by atoms with Crippen LogP contribution in [-0.2, 0) is 4.79 Å². The zero-order chi connectivity index (χ0) is 16.2. The van der Waals surface area contributed by atoms with Gasteiger partial charge in [0.25, 0.3) is 0 Å². The smallest absolute Gasteiger partial charge is 0.249 e. The van der Waals surface area contributed by atoms with Crippen molar-refractivity contribution in [2.45, 2.75) is 26.3 Å². The average molecular weight is 310 g/mol. The Morgan fingerprint density at radius 1 is 1.30 bits per heavy atom. The summed E-state index contributed by atoms with van der Waals surface area (Å²) in [5, 5.41) is 15.1. The maximum atomic E-state index is 12.8. The highest BCUT2D eigenvalue weighted by Gasteiger charge is 2.27. The number of anilines is 1. The second kappa shape index (κ2) is 6.51. The molecule has 7 heteroatoms. The zero-order valence-electron chi connectivity index (χ0n) is 13.0. The maximum absolute atomic E-state index is 12.8. The molecule has 0 fully saturated rings. The fourth-order valence-electron chi connectivity index (χ4n) is 2.57. The number of nitrogens with one attached hydrogen (secondary N) is 1. The minimum absolute atomic E-state index is 0.0986. The first-order valence-corrected chi connectivity index (χ1v) is 7.57. The quantitative estimate of drug-likeness (QED) is 0.782. The summed E-state index contributed by atoms with van der Waals surface area (Å²) < 4.78 is 1.50. The molecule has 2 unspecified atom stereocenters. The molecule has 0 saturated carbocycles. The average Bonchev–Trinajstić information content (AvgIpc) is 3.09. The molecule has 0 aliphatic rings. The van der Waals surface area contributed by atoms with Gasteiger partial charge in [-0.1, -0.05) is 38.5 Å². The summed E-state index contributed by atoms with van der Waals surface area (Å²) in [5.41, 5.74) is 1.46. The fourth-order valence-corrected chi connectivity index (χ4v) is 2.57. The Hall–Kier alpha value is -2.83. The molecule has 1 amide bonds. The van der Waals surface area contributed by atoms with Crippen LogP contribution in [0.25, 0.3) is 10.9 Å². The number of rotatable bonds is 5. The fraction of sp³-hybridized carbons (Fsp3) is 0.312. The van der Waals surface area contributed by atoms with Crippen molar-refractivity contribution in [3.8, 4) is 0 Å². The van der Waals surface area contributed by atoms with Crippen LogP contribution in [0.4, 0.5) is 5.69 Å². The number of amides is 1. The Morgan fingerprint density at radius 2 is 2.13 bits per heavy atom.